The number of hydrogen-bond donors (Lipinski definition) is 0. The molecule has 4 saturated carbocycles. The molecule has 4 aliphatic carbocycles. The van der Waals surface area contributed by atoms with Gasteiger partial charge in [0.2, 0.25) is 5.79 Å². The number of nitro groups is 1. The first-order valence-electron chi connectivity index (χ1n) is 14.7. The van der Waals surface area contributed by atoms with Crippen LogP contribution < -0.4 is 0 Å². The Kier molecular flexibility index (Phi) is 6.07. The van der Waals surface area contributed by atoms with E-state index in [-0.39, 0.29) is 35.4 Å². The molecule has 6 rings (SSSR count). The van der Waals surface area contributed by atoms with Crippen LogP contribution in [0, 0.1) is 62.4 Å². The number of hydrogen-bond acceptors (Lipinski definition) is 6. The number of rotatable bonds is 2. The molecule has 8 nitrogen and oxygen atoms in total. The van der Waals surface area contributed by atoms with Crippen molar-refractivity contribution in [2.75, 3.05) is 6.61 Å². The van der Waals surface area contributed by atoms with E-state index in [0.717, 1.165) is 25.7 Å². The predicted molar refractivity (Wildman–Crippen MR) is 137 cm³/mol. The number of carbonyl (C=O) groups is 1. The van der Waals surface area contributed by atoms with Crippen molar-refractivity contribution in [3.63, 3.8) is 0 Å². The number of nitrogens with zero attached hydrogens (tertiary/aromatic N) is 2. The summed E-state index contributed by atoms with van der Waals surface area (Å²) in [7, 11) is 0. The highest BCUT2D eigenvalue weighted by Gasteiger charge is 2.70. The Labute approximate surface area is 220 Å². The van der Waals surface area contributed by atoms with Crippen LogP contribution in [0.5, 0.6) is 0 Å². The molecular weight excluding hydrogens is 472 g/mol. The molecule has 0 amide bonds. The number of hydrazone groups is 1. The number of carbonyl (C=O) groups excluding carboxylic acids is 1. The number of fused-ring (bicyclic) bond motifs is 7. The summed E-state index contributed by atoms with van der Waals surface area (Å²) in [5, 5.41) is 14.7. The third-order valence-electron chi connectivity index (χ3n) is 12.2. The van der Waals surface area contributed by atoms with E-state index in [1.165, 1.54) is 32.6 Å². The summed E-state index contributed by atoms with van der Waals surface area (Å²) in [5.41, 5.74) is 0.948. The Bertz CT molecular complexity index is 1000. The monoisotopic (exact) mass is 516 g/mol. The molecule has 2 heterocycles. The largest absolute Gasteiger partial charge is 0.463 e. The molecular formula is C29H44N2O6. The number of esters is 1. The average molecular weight is 517 g/mol. The fourth-order valence-corrected chi connectivity index (χ4v) is 10.8. The SMILES string of the molecule is CC(=O)O[C@@H]1CC[C@@]2(C)[C@H](CC[C@@H]3[C@@H]2CC[C@]2(C)[C@@H]4[C@H](C[C@@H]32)O[C@@]2(OC[C@H](C)C/C2=N\[N+](=O)[O-])[C@H]4C)C1. The van der Waals surface area contributed by atoms with E-state index in [9.17, 15) is 14.9 Å². The second kappa shape index (κ2) is 8.73. The second-order valence-electron chi connectivity index (χ2n) is 14.0. The van der Waals surface area contributed by atoms with Crippen molar-refractivity contribution in [1.82, 2.24) is 0 Å². The molecule has 37 heavy (non-hydrogen) atoms. The summed E-state index contributed by atoms with van der Waals surface area (Å²) in [6, 6.07) is 0. The minimum Gasteiger partial charge on any atom is -0.463 e. The van der Waals surface area contributed by atoms with Crippen LogP contribution in [0.15, 0.2) is 5.10 Å². The quantitative estimate of drug-likeness (QED) is 0.269. The molecule has 0 aromatic heterocycles. The van der Waals surface area contributed by atoms with E-state index in [2.05, 4.69) is 32.8 Å². The van der Waals surface area contributed by atoms with E-state index in [4.69, 9.17) is 14.2 Å². The van der Waals surface area contributed by atoms with Crippen LogP contribution in [0.3, 0.4) is 0 Å². The van der Waals surface area contributed by atoms with Gasteiger partial charge in [-0.25, -0.2) is 10.1 Å². The van der Waals surface area contributed by atoms with Crippen LogP contribution in [0.25, 0.3) is 0 Å². The maximum absolute atomic E-state index is 11.6. The van der Waals surface area contributed by atoms with Gasteiger partial charge < -0.3 is 14.2 Å². The van der Waals surface area contributed by atoms with Gasteiger partial charge in [-0.05, 0) is 97.7 Å². The van der Waals surface area contributed by atoms with Gasteiger partial charge in [0, 0.05) is 19.3 Å². The lowest BCUT2D eigenvalue weighted by Gasteiger charge is -2.61. The highest BCUT2D eigenvalue weighted by atomic mass is 16.7. The van der Waals surface area contributed by atoms with Crippen molar-refractivity contribution in [3.8, 4) is 0 Å². The van der Waals surface area contributed by atoms with Crippen LogP contribution in [-0.2, 0) is 19.0 Å². The first-order valence-corrected chi connectivity index (χ1v) is 14.7. The minimum absolute atomic E-state index is 0.0429. The van der Waals surface area contributed by atoms with E-state index in [0.29, 0.717) is 53.7 Å². The van der Waals surface area contributed by atoms with Gasteiger partial charge in [-0.1, -0.05) is 27.7 Å². The standard InChI is InChI=1S/C29H44N2O6/c1-16-12-25(30-31(33)34)29(35-15-16)17(2)26-24(37-29)14-23-21-7-6-19-13-20(36-18(3)32)8-10-27(19,4)22(21)9-11-28(23,26)5/h16-17,19-24,26H,6-15H2,1-5H3/b30-25+/t16-,17+,19-,20-,21-,22+,23+,24+,26+,27+,28+,29+/m1/s1. The van der Waals surface area contributed by atoms with Crippen molar-refractivity contribution in [2.24, 2.45) is 57.4 Å². The summed E-state index contributed by atoms with van der Waals surface area (Å²) in [4.78, 5) is 23.0. The highest BCUT2D eigenvalue weighted by molar-refractivity contribution is 5.92. The van der Waals surface area contributed by atoms with Gasteiger partial charge in [0.05, 0.1) is 17.8 Å². The maximum Gasteiger partial charge on any atom is 0.302 e. The molecule has 2 saturated heterocycles. The van der Waals surface area contributed by atoms with Crippen molar-refractivity contribution < 1.29 is 24.0 Å². The third-order valence-corrected chi connectivity index (χ3v) is 12.2. The summed E-state index contributed by atoms with van der Waals surface area (Å²) < 4.78 is 18.8. The Hall–Kier alpha value is -1.54. The summed E-state index contributed by atoms with van der Waals surface area (Å²) in [6.45, 7) is 11.4. The van der Waals surface area contributed by atoms with Crippen molar-refractivity contribution in [1.29, 1.82) is 0 Å². The summed E-state index contributed by atoms with van der Waals surface area (Å²) in [6.07, 6.45) is 9.78. The Morgan fingerprint density at radius 2 is 1.84 bits per heavy atom. The zero-order valence-corrected chi connectivity index (χ0v) is 23.1. The molecule has 6 fully saturated rings. The molecule has 0 unspecified atom stereocenters. The molecule has 12 atom stereocenters. The van der Waals surface area contributed by atoms with Gasteiger partial charge in [-0.15, -0.1) is 0 Å². The lowest BCUT2D eigenvalue weighted by molar-refractivity contribution is -0.486. The minimum atomic E-state index is -1.04. The molecule has 206 valence electrons. The van der Waals surface area contributed by atoms with E-state index >= 15 is 0 Å². The van der Waals surface area contributed by atoms with Gasteiger partial charge in [0.1, 0.15) is 6.10 Å². The predicted octanol–water partition coefficient (Wildman–Crippen LogP) is 5.61. The Morgan fingerprint density at radius 3 is 2.57 bits per heavy atom. The fraction of sp³-hybridized carbons (Fsp3) is 0.931. The zero-order valence-electron chi connectivity index (χ0n) is 23.1. The lowest BCUT2D eigenvalue weighted by atomic mass is 9.44. The molecule has 0 aromatic carbocycles. The van der Waals surface area contributed by atoms with Gasteiger partial charge in [0.25, 0.3) is 0 Å². The van der Waals surface area contributed by atoms with Gasteiger partial charge in [-0.3, -0.25) is 4.79 Å². The lowest BCUT2D eigenvalue weighted by Crippen LogP contribution is -2.56. The smallest absolute Gasteiger partial charge is 0.302 e. The van der Waals surface area contributed by atoms with Crippen molar-refractivity contribution in [3.05, 3.63) is 10.1 Å². The molecule has 2 aliphatic heterocycles. The average Bonchev–Trinajstić information content (AvgIpc) is 3.27. The molecule has 0 radical (unpaired) electrons. The Morgan fingerprint density at radius 1 is 1.08 bits per heavy atom. The van der Waals surface area contributed by atoms with Crippen LogP contribution in [0.4, 0.5) is 0 Å². The molecule has 6 aliphatic rings. The second-order valence-corrected chi connectivity index (χ2v) is 14.0. The van der Waals surface area contributed by atoms with E-state index in [1.54, 1.807) is 0 Å². The Balaban J connectivity index is 1.24. The van der Waals surface area contributed by atoms with Crippen LogP contribution >= 0.6 is 0 Å². The summed E-state index contributed by atoms with van der Waals surface area (Å²) >= 11 is 0. The van der Waals surface area contributed by atoms with Crippen LogP contribution in [0.2, 0.25) is 0 Å². The molecule has 0 bridgehead atoms. The summed E-state index contributed by atoms with van der Waals surface area (Å²) in [5.74, 6) is 2.03. The topological polar surface area (TPSA) is 100 Å². The van der Waals surface area contributed by atoms with Gasteiger partial charge in [0.15, 0.2) is 10.7 Å². The first kappa shape index (κ1) is 25.7. The van der Waals surface area contributed by atoms with E-state index < -0.39 is 10.8 Å². The first-order chi connectivity index (χ1) is 17.5. The fourth-order valence-electron chi connectivity index (χ4n) is 10.8. The normalized spacial score (nSPS) is 53.8. The van der Waals surface area contributed by atoms with Gasteiger partial charge >= 0.3 is 5.97 Å². The van der Waals surface area contributed by atoms with Crippen LogP contribution in [0.1, 0.15) is 92.4 Å². The third kappa shape index (κ3) is 3.75. The maximum atomic E-state index is 11.6. The zero-order chi connectivity index (χ0) is 26.3. The van der Waals surface area contributed by atoms with Crippen molar-refractivity contribution in [2.45, 2.75) is 110 Å². The molecule has 0 N–H and O–H groups in total. The van der Waals surface area contributed by atoms with Gasteiger partial charge in [-0.2, -0.15) is 0 Å². The molecule has 0 aromatic rings. The number of ether oxygens (including phenoxy) is 3. The van der Waals surface area contributed by atoms with E-state index in [1.807, 2.05) is 0 Å². The van der Waals surface area contributed by atoms with Crippen LogP contribution in [-0.4, -0.2) is 41.3 Å². The molecule has 8 heteroatoms. The highest BCUT2D eigenvalue weighted by Crippen LogP contribution is 2.71. The van der Waals surface area contributed by atoms with Crippen molar-refractivity contribution >= 4 is 11.7 Å². The molecule has 1 spiro atoms.